The predicted octanol–water partition coefficient (Wildman–Crippen LogP) is 14.4. The van der Waals surface area contributed by atoms with Gasteiger partial charge in [-0.05, 0) is 95.7 Å². The molecule has 12 aromatic rings. The maximum atomic E-state index is 5.83. The summed E-state index contributed by atoms with van der Waals surface area (Å²) in [6.07, 6.45) is 1.21. The van der Waals surface area contributed by atoms with Crippen molar-refractivity contribution >= 4 is 86.6 Å². The topological polar surface area (TPSA) is 30.7 Å². The van der Waals surface area contributed by atoms with Crippen molar-refractivity contribution in [1.29, 1.82) is 0 Å². The Hall–Kier alpha value is -7.36. The molecule has 0 spiro atoms. The summed E-state index contributed by atoms with van der Waals surface area (Å²) in [6, 6.07) is 64.9. The van der Waals surface area contributed by atoms with Gasteiger partial charge in [0.1, 0.15) is 0 Å². The number of nitrogens with zero attached hydrogens (tertiary/aromatic N) is 3. The van der Waals surface area contributed by atoms with Crippen LogP contribution in [0.5, 0.6) is 0 Å². The fourth-order valence-corrected chi connectivity index (χ4v) is 11.0. The van der Waals surface area contributed by atoms with E-state index in [9.17, 15) is 0 Å². The standard InChI is InChI=1S/C55H33N3/c1-3-14-33-31(12-1)25-28-47-51(33)53(43-23-11-22-41-46-30-45(46)38-19-8-9-20-39(38)49(41)43)57-55(56-47)58-48-29-27-42-37-18-6-5-16-35(37)36-17-7-10-21-40(36)50(42)52(48)44-26-24-32-13-2-4-15-34(32)54(44)58/h1-29,45-46H,30H2. The molecular formula is C55H33N3. The van der Waals surface area contributed by atoms with Crippen molar-refractivity contribution in [2.45, 2.75) is 18.3 Å². The molecule has 2 unspecified atom stereocenters. The first-order valence-corrected chi connectivity index (χ1v) is 20.4. The van der Waals surface area contributed by atoms with Crippen molar-refractivity contribution < 1.29 is 0 Å². The van der Waals surface area contributed by atoms with Gasteiger partial charge in [0.25, 0.3) is 0 Å². The van der Waals surface area contributed by atoms with Crippen LogP contribution in [-0.4, -0.2) is 14.5 Å². The van der Waals surface area contributed by atoms with Crippen molar-refractivity contribution in [3.8, 4) is 28.3 Å². The molecule has 1 fully saturated rings. The SMILES string of the molecule is c1ccc2c(c1)-c1c(-c3nc(-n4c5ccc6c7ccccc7c7ccccc7c6c5c5ccc6ccccc6c54)nc4ccc5ccccc5c34)cccc1C1CC21. The van der Waals surface area contributed by atoms with Crippen molar-refractivity contribution in [2.24, 2.45) is 0 Å². The quantitative estimate of drug-likeness (QED) is 0.166. The Balaban J connectivity index is 1.18. The molecule has 3 nitrogen and oxygen atoms in total. The summed E-state index contributed by atoms with van der Waals surface area (Å²) >= 11 is 0. The summed E-state index contributed by atoms with van der Waals surface area (Å²) in [5, 5.41) is 15.9. The maximum Gasteiger partial charge on any atom is 0.235 e. The molecular weight excluding hydrogens is 703 g/mol. The summed E-state index contributed by atoms with van der Waals surface area (Å²) in [5.41, 5.74) is 10.9. The molecule has 2 heterocycles. The van der Waals surface area contributed by atoms with E-state index >= 15 is 0 Å². The first-order valence-electron chi connectivity index (χ1n) is 20.4. The number of benzene rings is 10. The lowest BCUT2D eigenvalue weighted by molar-refractivity contribution is 1.00. The normalized spacial score (nSPS) is 15.9. The second-order valence-electron chi connectivity index (χ2n) is 16.4. The zero-order valence-corrected chi connectivity index (χ0v) is 31.4. The van der Waals surface area contributed by atoms with Gasteiger partial charge in [0.05, 0.1) is 22.2 Å². The molecule has 10 aromatic carbocycles. The zero-order chi connectivity index (χ0) is 37.6. The first kappa shape index (κ1) is 30.8. The molecule has 0 amide bonds. The predicted molar refractivity (Wildman–Crippen MR) is 242 cm³/mol. The largest absolute Gasteiger partial charge is 0.277 e. The van der Waals surface area contributed by atoms with Gasteiger partial charge >= 0.3 is 0 Å². The van der Waals surface area contributed by atoms with E-state index in [-0.39, 0.29) is 0 Å². The van der Waals surface area contributed by atoms with Crippen LogP contribution >= 0.6 is 0 Å². The average molecular weight is 736 g/mol. The Morgan fingerprint density at radius 1 is 0.397 bits per heavy atom. The van der Waals surface area contributed by atoms with Crippen LogP contribution in [0.1, 0.15) is 29.4 Å². The summed E-state index contributed by atoms with van der Waals surface area (Å²) in [5.74, 6) is 1.84. The van der Waals surface area contributed by atoms with Gasteiger partial charge in [-0.15, -0.1) is 0 Å². The molecule has 58 heavy (non-hydrogen) atoms. The highest BCUT2D eigenvalue weighted by Crippen LogP contribution is 2.63. The van der Waals surface area contributed by atoms with Gasteiger partial charge in [-0.2, -0.15) is 0 Å². The molecule has 0 N–H and O–H groups in total. The number of aromatic nitrogens is 3. The smallest absolute Gasteiger partial charge is 0.235 e. The maximum absolute atomic E-state index is 5.83. The Morgan fingerprint density at radius 2 is 0.983 bits per heavy atom. The molecule has 2 aliphatic carbocycles. The van der Waals surface area contributed by atoms with E-state index in [0.29, 0.717) is 17.8 Å². The van der Waals surface area contributed by atoms with Crippen LogP contribution in [0, 0.1) is 0 Å². The van der Waals surface area contributed by atoms with Crippen molar-refractivity contribution in [3.63, 3.8) is 0 Å². The highest BCUT2D eigenvalue weighted by molar-refractivity contribution is 6.36. The third-order valence-corrected chi connectivity index (χ3v) is 13.5. The van der Waals surface area contributed by atoms with E-state index < -0.39 is 0 Å². The lowest BCUT2D eigenvalue weighted by Crippen LogP contribution is -2.06. The van der Waals surface area contributed by atoms with E-state index in [2.05, 4.69) is 180 Å². The molecule has 2 aromatic heterocycles. The van der Waals surface area contributed by atoms with Gasteiger partial charge in [0.2, 0.25) is 5.95 Å². The van der Waals surface area contributed by atoms with Crippen molar-refractivity contribution in [3.05, 3.63) is 187 Å². The van der Waals surface area contributed by atoms with Crippen molar-refractivity contribution in [1.82, 2.24) is 14.5 Å². The minimum absolute atomic E-state index is 0.553. The summed E-state index contributed by atoms with van der Waals surface area (Å²) in [4.78, 5) is 11.4. The highest BCUT2D eigenvalue weighted by Gasteiger charge is 2.46. The van der Waals surface area contributed by atoms with Gasteiger partial charge in [0.15, 0.2) is 0 Å². The lowest BCUT2D eigenvalue weighted by atomic mass is 9.81. The van der Waals surface area contributed by atoms with Crippen LogP contribution in [0.15, 0.2) is 176 Å². The lowest BCUT2D eigenvalue weighted by Gasteiger charge is -2.23. The molecule has 2 atom stereocenters. The second-order valence-corrected chi connectivity index (χ2v) is 16.4. The van der Waals surface area contributed by atoms with Crippen LogP contribution in [0.3, 0.4) is 0 Å². The van der Waals surface area contributed by atoms with E-state index in [4.69, 9.17) is 9.97 Å². The van der Waals surface area contributed by atoms with E-state index in [1.165, 1.54) is 98.9 Å². The van der Waals surface area contributed by atoms with Crippen LogP contribution in [0.25, 0.3) is 115 Å². The molecule has 0 saturated heterocycles. The Morgan fingerprint density at radius 3 is 1.81 bits per heavy atom. The van der Waals surface area contributed by atoms with Gasteiger partial charge in [-0.3, -0.25) is 4.57 Å². The summed E-state index contributed by atoms with van der Waals surface area (Å²) in [7, 11) is 0. The third kappa shape index (κ3) is 3.98. The number of hydrogen-bond acceptors (Lipinski definition) is 2. The Kier molecular flexibility index (Phi) is 5.92. The van der Waals surface area contributed by atoms with E-state index in [1.807, 2.05) is 0 Å². The van der Waals surface area contributed by atoms with Gasteiger partial charge < -0.3 is 0 Å². The van der Waals surface area contributed by atoms with Crippen LogP contribution in [0.2, 0.25) is 0 Å². The first-order chi connectivity index (χ1) is 28.8. The zero-order valence-electron chi connectivity index (χ0n) is 31.4. The van der Waals surface area contributed by atoms with Crippen molar-refractivity contribution in [2.75, 3.05) is 0 Å². The fraction of sp³-hybridized carbons (Fsp3) is 0.0545. The van der Waals surface area contributed by atoms with Crippen LogP contribution in [-0.2, 0) is 0 Å². The molecule has 0 aliphatic heterocycles. The number of fused-ring (bicyclic) bond motifs is 21. The van der Waals surface area contributed by atoms with E-state index in [0.717, 1.165) is 27.6 Å². The Labute approximate surface area is 333 Å². The molecule has 3 heteroatoms. The molecule has 2 aliphatic rings. The minimum Gasteiger partial charge on any atom is -0.277 e. The highest BCUT2D eigenvalue weighted by atomic mass is 15.2. The minimum atomic E-state index is 0.553. The molecule has 14 rings (SSSR count). The number of hydrogen-bond donors (Lipinski definition) is 0. The Bertz CT molecular complexity index is 3760. The van der Waals surface area contributed by atoms with Gasteiger partial charge in [0, 0.05) is 32.5 Å². The van der Waals surface area contributed by atoms with Gasteiger partial charge in [-0.25, -0.2) is 9.97 Å². The number of rotatable bonds is 2. The molecule has 0 bridgehead atoms. The van der Waals surface area contributed by atoms with Crippen LogP contribution in [0.4, 0.5) is 0 Å². The van der Waals surface area contributed by atoms with Gasteiger partial charge in [-0.1, -0.05) is 164 Å². The molecule has 0 radical (unpaired) electrons. The second kappa shape index (κ2) is 11.1. The summed E-state index contributed by atoms with van der Waals surface area (Å²) in [6.45, 7) is 0. The molecule has 268 valence electrons. The molecule has 1 saturated carbocycles. The van der Waals surface area contributed by atoms with E-state index in [1.54, 1.807) is 0 Å². The fourth-order valence-electron chi connectivity index (χ4n) is 11.0. The monoisotopic (exact) mass is 735 g/mol. The van der Waals surface area contributed by atoms with Crippen LogP contribution < -0.4 is 0 Å². The average Bonchev–Trinajstić information content (AvgIpc) is 4.03. The third-order valence-electron chi connectivity index (χ3n) is 13.5. The summed E-state index contributed by atoms with van der Waals surface area (Å²) < 4.78 is 2.37.